The molecule has 2 heteroatoms. The van der Waals surface area contributed by atoms with Crippen molar-refractivity contribution in [3.05, 3.63) is 34.9 Å². The lowest BCUT2D eigenvalue weighted by Crippen LogP contribution is -2.35. The summed E-state index contributed by atoms with van der Waals surface area (Å²) >= 11 is 6.04. The van der Waals surface area contributed by atoms with Crippen LogP contribution in [0.4, 0.5) is 0 Å². The van der Waals surface area contributed by atoms with Crippen molar-refractivity contribution < 1.29 is 5.11 Å². The molecule has 3 unspecified atom stereocenters. The van der Waals surface area contributed by atoms with E-state index >= 15 is 0 Å². The highest BCUT2D eigenvalue weighted by Gasteiger charge is 2.34. The maximum absolute atomic E-state index is 10.3. The first-order valence-electron chi connectivity index (χ1n) is 7.29. The highest BCUT2D eigenvalue weighted by molar-refractivity contribution is 6.30. The summed E-state index contributed by atoms with van der Waals surface area (Å²) in [6.45, 7) is 6.93. The molecular weight excluding hydrogens is 256 g/mol. The summed E-state index contributed by atoms with van der Waals surface area (Å²) < 4.78 is 0. The Hall–Kier alpha value is -0.530. The van der Waals surface area contributed by atoms with E-state index in [-0.39, 0.29) is 6.10 Å². The summed E-state index contributed by atoms with van der Waals surface area (Å²) in [6.07, 6.45) is 3.99. The van der Waals surface area contributed by atoms with Crippen molar-refractivity contribution >= 4 is 11.6 Å². The number of benzene rings is 1. The minimum atomic E-state index is -0.155. The predicted octanol–water partition coefficient (Wildman–Crippen LogP) is 4.71. The Labute approximate surface area is 122 Å². The second kappa shape index (κ2) is 5.85. The lowest BCUT2D eigenvalue weighted by atomic mass is 9.67. The Morgan fingerprint density at radius 1 is 1.26 bits per heavy atom. The van der Waals surface area contributed by atoms with Crippen molar-refractivity contribution in [3.63, 3.8) is 0 Å². The second-order valence-corrected chi connectivity index (χ2v) is 7.47. The highest BCUT2D eigenvalue weighted by atomic mass is 35.5. The van der Waals surface area contributed by atoms with Crippen LogP contribution in [-0.4, -0.2) is 11.2 Å². The molecule has 1 fully saturated rings. The van der Waals surface area contributed by atoms with Crippen LogP contribution in [0.25, 0.3) is 0 Å². The molecule has 1 aromatic rings. The van der Waals surface area contributed by atoms with Gasteiger partial charge in [-0.1, -0.05) is 44.5 Å². The van der Waals surface area contributed by atoms with Gasteiger partial charge in [0.2, 0.25) is 0 Å². The molecule has 2 rings (SSSR count). The van der Waals surface area contributed by atoms with Gasteiger partial charge >= 0.3 is 0 Å². The molecule has 0 spiro atoms. The number of hydrogen-bond acceptors (Lipinski definition) is 1. The Morgan fingerprint density at radius 3 is 2.63 bits per heavy atom. The normalized spacial score (nSPS) is 28.4. The van der Waals surface area contributed by atoms with E-state index in [1.54, 1.807) is 0 Å². The van der Waals surface area contributed by atoms with Gasteiger partial charge in [0, 0.05) is 5.02 Å². The Bertz CT molecular complexity index is 422. The predicted molar refractivity (Wildman–Crippen MR) is 81.4 cm³/mol. The quantitative estimate of drug-likeness (QED) is 0.832. The Balaban J connectivity index is 2.05. The number of aliphatic hydroxyl groups is 1. The van der Waals surface area contributed by atoms with Gasteiger partial charge < -0.3 is 5.11 Å². The summed E-state index contributed by atoms with van der Waals surface area (Å²) in [5.74, 6) is 1.08. The van der Waals surface area contributed by atoms with Crippen LogP contribution in [0.2, 0.25) is 5.02 Å². The summed E-state index contributed by atoms with van der Waals surface area (Å²) in [5.41, 5.74) is 1.58. The average Bonchev–Trinajstić information content (AvgIpc) is 2.30. The number of hydrogen-bond donors (Lipinski definition) is 1. The van der Waals surface area contributed by atoms with E-state index in [0.29, 0.717) is 17.3 Å². The van der Waals surface area contributed by atoms with E-state index in [9.17, 15) is 5.11 Å². The molecule has 106 valence electrons. The zero-order valence-corrected chi connectivity index (χ0v) is 13.0. The number of halogens is 1. The molecule has 0 saturated heterocycles. The van der Waals surface area contributed by atoms with Gasteiger partial charge in [-0.25, -0.2) is 0 Å². The van der Waals surface area contributed by atoms with Gasteiger partial charge in [-0.3, -0.25) is 0 Å². The topological polar surface area (TPSA) is 20.2 Å². The molecule has 3 atom stereocenters. The van der Waals surface area contributed by atoms with Crippen LogP contribution in [0.5, 0.6) is 0 Å². The first-order chi connectivity index (χ1) is 8.86. The monoisotopic (exact) mass is 280 g/mol. The van der Waals surface area contributed by atoms with Gasteiger partial charge in [-0.15, -0.1) is 0 Å². The molecule has 1 aromatic carbocycles. The van der Waals surface area contributed by atoms with Crippen molar-refractivity contribution in [1.29, 1.82) is 0 Å². The van der Waals surface area contributed by atoms with E-state index in [0.717, 1.165) is 30.7 Å². The van der Waals surface area contributed by atoms with E-state index in [1.165, 1.54) is 5.56 Å². The van der Waals surface area contributed by atoms with Gasteiger partial charge in [-0.2, -0.15) is 0 Å². The molecule has 1 aliphatic carbocycles. The van der Waals surface area contributed by atoms with E-state index < -0.39 is 0 Å². The van der Waals surface area contributed by atoms with E-state index in [2.05, 4.69) is 26.8 Å². The molecule has 1 saturated carbocycles. The van der Waals surface area contributed by atoms with Gasteiger partial charge in [0.05, 0.1) is 6.10 Å². The summed E-state index contributed by atoms with van der Waals surface area (Å²) in [7, 11) is 0. The van der Waals surface area contributed by atoms with Crippen LogP contribution in [-0.2, 0) is 6.42 Å². The van der Waals surface area contributed by atoms with Crippen LogP contribution >= 0.6 is 11.6 Å². The molecule has 0 aliphatic heterocycles. The molecule has 1 nitrogen and oxygen atoms in total. The van der Waals surface area contributed by atoms with Crippen molar-refractivity contribution in [2.24, 2.45) is 17.3 Å². The molecule has 0 heterocycles. The summed E-state index contributed by atoms with van der Waals surface area (Å²) in [6, 6.07) is 8.03. The van der Waals surface area contributed by atoms with Crippen LogP contribution < -0.4 is 0 Å². The first kappa shape index (κ1) is 14.9. The van der Waals surface area contributed by atoms with Crippen molar-refractivity contribution in [2.45, 2.75) is 52.6 Å². The maximum Gasteiger partial charge on any atom is 0.0571 e. The molecule has 0 radical (unpaired) electrons. The maximum atomic E-state index is 10.3. The fraction of sp³-hybridized carbons (Fsp3) is 0.647. The van der Waals surface area contributed by atoms with Crippen molar-refractivity contribution in [1.82, 2.24) is 0 Å². The summed E-state index contributed by atoms with van der Waals surface area (Å²) in [4.78, 5) is 0. The van der Waals surface area contributed by atoms with Crippen LogP contribution in [0, 0.1) is 17.3 Å². The second-order valence-electron chi connectivity index (χ2n) is 7.04. The Kier molecular flexibility index (Phi) is 4.58. The molecule has 19 heavy (non-hydrogen) atoms. The molecular formula is C17H25ClO. The highest BCUT2D eigenvalue weighted by Crippen LogP contribution is 2.41. The first-order valence-corrected chi connectivity index (χ1v) is 7.66. The number of aliphatic hydroxyl groups excluding tert-OH is 1. The minimum Gasteiger partial charge on any atom is -0.393 e. The van der Waals surface area contributed by atoms with Crippen LogP contribution in [0.1, 0.15) is 45.6 Å². The fourth-order valence-electron chi connectivity index (χ4n) is 3.22. The van der Waals surface area contributed by atoms with E-state index in [4.69, 9.17) is 11.6 Å². The molecule has 1 N–H and O–H groups in total. The fourth-order valence-corrected chi connectivity index (χ4v) is 3.43. The molecule has 0 aromatic heterocycles. The lowest BCUT2D eigenvalue weighted by Gasteiger charge is -2.40. The lowest BCUT2D eigenvalue weighted by molar-refractivity contribution is 0.0196. The molecule has 1 aliphatic rings. The van der Waals surface area contributed by atoms with Crippen LogP contribution in [0.3, 0.4) is 0 Å². The standard InChI is InChI=1S/C17H25ClO/c1-17(2,3)14-7-8-16(19)13(11-14)9-12-5-4-6-15(18)10-12/h4-6,10,13-14,16,19H,7-9,11H2,1-3H3. The van der Waals surface area contributed by atoms with Crippen molar-refractivity contribution in [3.8, 4) is 0 Å². The zero-order chi connectivity index (χ0) is 14.0. The van der Waals surface area contributed by atoms with E-state index in [1.807, 2.05) is 18.2 Å². The zero-order valence-electron chi connectivity index (χ0n) is 12.2. The van der Waals surface area contributed by atoms with Gasteiger partial charge in [0.1, 0.15) is 0 Å². The third-order valence-corrected chi connectivity index (χ3v) is 4.79. The van der Waals surface area contributed by atoms with Gasteiger partial charge in [0.15, 0.2) is 0 Å². The molecule has 0 amide bonds. The van der Waals surface area contributed by atoms with Gasteiger partial charge in [0.25, 0.3) is 0 Å². The average molecular weight is 281 g/mol. The van der Waals surface area contributed by atoms with Crippen LogP contribution in [0.15, 0.2) is 24.3 Å². The number of rotatable bonds is 2. The third kappa shape index (κ3) is 3.97. The minimum absolute atomic E-state index is 0.155. The SMILES string of the molecule is CC(C)(C)C1CCC(O)C(Cc2cccc(Cl)c2)C1. The Morgan fingerprint density at radius 2 is 2.00 bits per heavy atom. The molecule has 0 bridgehead atoms. The summed E-state index contributed by atoms with van der Waals surface area (Å²) in [5, 5.41) is 11.0. The van der Waals surface area contributed by atoms with Crippen molar-refractivity contribution in [2.75, 3.05) is 0 Å². The van der Waals surface area contributed by atoms with Gasteiger partial charge in [-0.05, 0) is 60.6 Å². The smallest absolute Gasteiger partial charge is 0.0571 e. The largest absolute Gasteiger partial charge is 0.393 e. The third-order valence-electron chi connectivity index (χ3n) is 4.55.